The van der Waals surface area contributed by atoms with E-state index >= 15 is 0 Å². The molecule has 0 fully saturated rings. The van der Waals surface area contributed by atoms with Crippen molar-refractivity contribution in [3.05, 3.63) is 45.4 Å². The summed E-state index contributed by atoms with van der Waals surface area (Å²) >= 11 is 1.58. The molecule has 0 aliphatic heterocycles. The lowest BCUT2D eigenvalue weighted by Crippen LogP contribution is -2.18. The molecule has 3 heterocycles. The Morgan fingerprint density at radius 3 is 2.84 bits per heavy atom. The second-order valence-electron chi connectivity index (χ2n) is 5.99. The third-order valence-electron chi connectivity index (χ3n) is 4.40. The Morgan fingerprint density at radius 1 is 1.28 bits per heavy atom. The molecule has 4 rings (SSSR count). The molecular weight excluding hydrogens is 336 g/mol. The molecule has 3 aromatic rings. The molecule has 0 saturated heterocycles. The maximum atomic E-state index is 12.5. The van der Waals surface area contributed by atoms with Crippen molar-refractivity contribution >= 4 is 17.2 Å². The second kappa shape index (κ2) is 6.03. The summed E-state index contributed by atoms with van der Waals surface area (Å²) in [7, 11) is 1.97. The van der Waals surface area contributed by atoms with E-state index < -0.39 is 0 Å². The minimum absolute atomic E-state index is 0.265. The minimum Gasteiger partial charge on any atom is -0.316 e. The van der Waals surface area contributed by atoms with Gasteiger partial charge in [0.1, 0.15) is 5.69 Å². The van der Waals surface area contributed by atoms with Gasteiger partial charge in [-0.1, -0.05) is 0 Å². The number of hydrogen-bond acceptors (Lipinski definition) is 5. The summed E-state index contributed by atoms with van der Waals surface area (Å²) in [4.78, 5) is 27.0. The topological polar surface area (TPSA) is 78.0 Å². The van der Waals surface area contributed by atoms with Crippen LogP contribution in [-0.2, 0) is 26.4 Å². The molecule has 7 nitrogen and oxygen atoms in total. The van der Waals surface area contributed by atoms with Crippen LogP contribution < -0.4 is 4.80 Å². The zero-order valence-electron chi connectivity index (χ0n) is 14.4. The first-order chi connectivity index (χ1) is 12.1. The molecule has 3 aromatic heterocycles. The number of amides is 1. The molecular formula is C17H18N6OS. The molecule has 128 valence electrons. The van der Waals surface area contributed by atoms with Crippen molar-refractivity contribution < 1.29 is 4.79 Å². The van der Waals surface area contributed by atoms with Gasteiger partial charge in [-0.15, -0.1) is 11.3 Å². The Kier molecular flexibility index (Phi) is 3.84. The number of aromatic nitrogens is 5. The predicted molar refractivity (Wildman–Crippen MR) is 94.3 cm³/mol. The first kappa shape index (κ1) is 15.9. The average Bonchev–Trinajstić information content (AvgIpc) is 3.15. The Balaban J connectivity index is 1.83. The standard InChI is InChI=1S/C17H18N6OS/c1-4-23-15-11-8-20-22(3)13(11)5-6-14(15)25-17(23)21-16(24)12-9-18-10(2)7-19-12/h7-9H,4-6H2,1-3H3. The van der Waals surface area contributed by atoms with Crippen molar-refractivity contribution in [2.45, 2.75) is 33.2 Å². The molecule has 0 spiro atoms. The smallest absolute Gasteiger partial charge is 0.299 e. The summed E-state index contributed by atoms with van der Waals surface area (Å²) in [5, 5.41) is 4.39. The van der Waals surface area contributed by atoms with Crippen LogP contribution in [0.15, 0.2) is 23.6 Å². The van der Waals surface area contributed by atoms with Gasteiger partial charge in [0.05, 0.1) is 23.8 Å². The predicted octanol–water partition coefficient (Wildman–Crippen LogP) is 1.91. The third-order valence-corrected chi connectivity index (χ3v) is 5.54. The van der Waals surface area contributed by atoms with Crippen molar-refractivity contribution in [2.75, 3.05) is 0 Å². The van der Waals surface area contributed by atoms with Gasteiger partial charge in [0, 0.05) is 35.9 Å². The second-order valence-corrected chi connectivity index (χ2v) is 7.05. The number of carbonyl (C=O) groups is 1. The normalized spacial score (nSPS) is 13.6. The van der Waals surface area contributed by atoms with Crippen molar-refractivity contribution in [2.24, 2.45) is 12.0 Å². The van der Waals surface area contributed by atoms with Gasteiger partial charge in [-0.05, 0) is 26.7 Å². The maximum Gasteiger partial charge on any atom is 0.299 e. The van der Waals surface area contributed by atoms with E-state index in [4.69, 9.17) is 0 Å². The summed E-state index contributed by atoms with van der Waals surface area (Å²) in [6, 6.07) is 0. The zero-order valence-corrected chi connectivity index (χ0v) is 15.2. The number of nitrogens with zero attached hydrogens (tertiary/aromatic N) is 6. The molecule has 25 heavy (non-hydrogen) atoms. The molecule has 1 aliphatic carbocycles. The minimum atomic E-state index is -0.361. The highest BCUT2D eigenvalue weighted by Crippen LogP contribution is 2.34. The number of hydrogen-bond donors (Lipinski definition) is 0. The van der Waals surface area contributed by atoms with Crippen LogP contribution in [0.3, 0.4) is 0 Å². The van der Waals surface area contributed by atoms with Crippen molar-refractivity contribution in [3.8, 4) is 11.3 Å². The summed E-state index contributed by atoms with van der Waals surface area (Å²) in [6.07, 6.45) is 6.87. The molecule has 0 saturated carbocycles. The third kappa shape index (κ3) is 2.62. The van der Waals surface area contributed by atoms with E-state index in [0.29, 0.717) is 4.80 Å². The van der Waals surface area contributed by atoms with Crippen LogP contribution in [0, 0.1) is 6.92 Å². The van der Waals surface area contributed by atoms with E-state index in [0.717, 1.165) is 36.3 Å². The summed E-state index contributed by atoms with van der Waals surface area (Å²) in [5.41, 5.74) is 4.56. The van der Waals surface area contributed by atoms with Gasteiger partial charge in [-0.2, -0.15) is 10.1 Å². The fourth-order valence-corrected chi connectivity index (χ4v) is 4.34. The van der Waals surface area contributed by atoms with Gasteiger partial charge in [0.25, 0.3) is 5.91 Å². The van der Waals surface area contributed by atoms with E-state index in [1.807, 2.05) is 24.9 Å². The number of rotatable bonds is 2. The first-order valence-electron chi connectivity index (χ1n) is 8.20. The van der Waals surface area contributed by atoms with E-state index in [9.17, 15) is 4.79 Å². The quantitative estimate of drug-likeness (QED) is 0.704. The highest BCUT2D eigenvalue weighted by molar-refractivity contribution is 7.09. The highest BCUT2D eigenvalue weighted by atomic mass is 32.1. The highest BCUT2D eigenvalue weighted by Gasteiger charge is 2.25. The van der Waals surface area contributed by atoms with Crippen LogP contribution in [0.25, 0.3) is 11.3 Å². The molecule has 1 aliphatic rings. The van der Waals surface area contributed by atoms with E-state index in [-0.39, 0.29) is 11.6 Å². The molecule has 1 amide bonds. The molecule has 0 bridgehead atoms. The van der Waals surface area contributed by atoms with Crippen LogP contribution in [-0.4, -0.2) is 30.2 Å². The Labute approximate surface area is 148 Å². The monoisotopic (exact) mass is 354 g/mol. The van der Waals surface area contributed by atoms with Gasteiger partial charge in [-0.3, -0.25) is 14.5 Å². The van der Waals surface area contributed by atoms with Crippen molar-refractivity contribution in [3.63, 3.8) is 0 Å². The maximum absolute atomic E-state index is 12.5. The SMILES string of the molecule is CCn1c2c(sc1=NC(=O)c1cnc(C)cn1)CCc1c-2cnn1C. The van der Waals surface area contributed by atoms with Gasteiger partial charge < -0.3 is 4.57 Å². The van der Waals surface area contributed by atoms with Gasteiger partial charge in [0.15, 0.2) is 4.80 Å². The van der Waals surface area contributed by atoms with Crippen LogP contribution in [0.5, 0.6) is 0 Å². The lowest BCUT2D eigenvalue weighted by Gasteiger charge is -2.15. The molecule has 0 aromatic carbocycles. The van der Waals surface area contributed by atoms with E-state index in [2.05, 4.69) is 31.5 Å². The largest absolute Gasteiger partial charge is 0.316 e. The molecule has 0 radical (unpaired) electrons. The number of thiazole rings is 1. The van der Waals surface area contributed by atoms with E-state index in [1.165, 1.54) is 16.8 Å². The van der Waals surface area contributed by atoms with Crippen molar-refractivity contribution in [1.82, 2.24) is 24.3 Å². The van der Waals surface area contributed by atoms with Crippen LogP contribution in [0.1, 0.15) is 33.7 Å². The Morgan fingerprint density at radius 2 is 2.12 bits per heavy atom. The Hall–Kier alpha value is -2.61. The fourth-order valence-electron chi connectivity index (χ4n) is 3.14. The summed E-state index contributed by atoms with van der Waals surface area (Å²) < 4.78 is 4.03. The number of fused-ring (bicyclic) bond motifs is 3. The number of carbonyl (C=O) groups excluding carboxylic acids is 1. The molecule has 0 atom stereocenters. The van der Waals surface area contributed by atoms with Gasteiger partial charge in [-0.25, -0.2) is 4.98 Å². The van der Waals surface area contributed by atoms with Gasteiger partial charge >= 0.3 is 0 Å². The lowest BCUT2D eigenvalue weighted by atomic mass is 10.00. The number of aryl methyl sites for hydroxylation is 3. The average molecular weight is 354 g/mol. The summed E-state index contributed by atoms with van der Waals surface area (Å²) in [5.74, 6) is -0.361. The molecule has 8 heteroatoms. The first-order valence-corrected chi connectivity index (χ1v) is 9.01. The lowest BCUT2D eigenvalue weighted by molar-refractivity contribution is 0.0992. The van der Waals surface area contributed by atoms with Crippen molar-refractivity contribution in [1.29, 1.82) is 0 Å². The van der Waals surface area contributed by atoms with Crippen LogP contribution >= 0.6 is 11.3 Å². The molecule has 0 N–H and O–H groups in total. The van der Waals surface area contributed by atoms with Crippen LogP contribution in [0.2, 0.25) is 0 Å². The van der Waals surface area contributed by atoms with Gasteiger partial charge in [0.2, 0.25) is 0 Å². The summed E-state index contributed by atoms with van der Waals surface area (Å²) in [6.45, 7) is 4.64. The van der Waals surface area contributed by atoms with E-state index in [1.54, 1.807) is 17.5 Å². The fraction of sp³-hybridized carbons (Fsp3) is 0.353. The Bertz CT molecular complexity index is 1020. The zero-order chi connectivity index (χ0) is 17.6. The molecule has 0 unspecified atom stereocenters. The van der Waals surface area contributed by atoms with Crippen LogP contribution in [0.4, 0.5) is 0 Å².